The summed E-state index contributed by atoms with van der Waals surface area (Å²) in [6.45, 7) is 8.01. The average molecular weight is 346 g/mol. The van der Waals surface area contributed by atoms with E-state index < -0.39 is 0 Å². The smallest absolute Gasteiger partial charge is 0.222 e. The first kappa shape index (κ1) is 19.4. The molecule has 0 bridgehead atoms. The third-order valence-corrected chi connectivity index (χ3v) is 4.71. The molecule has 1 aliphatic heterocycles. The van der Waals surface area contributed by atoms with Crippen molar-refractivity contribution >= 4 is 11.7 Å². The van der Waals surface area contributed by atoms with Gasteiger partial charge in [0.1, 0.15) is 5.75 Å². The Morgan fingerprint density at radius 3 is 2.48 bits per heavy atom. The van der Waals surface area contributed by atoms with Crippen LogP contribution in [-0.4, -0.2) is 49.4 Å². The number of hydrogen-bond acceptors (Lipinski definition) is 4. The summed E-state index contributed by atoms with van der Waals surface area (Å²) in [5.41, 5.74) is 0.681. The van der Waals surface area contributed by atoms with Gasteiger partial charge in [-0.05, 0) is 69.5 Å². The SMILES string of the molecule is CCNCC1CCN(C(=O)CCCOc2ccc(C(C)=O)cc2)CC1. The zero-order valence-corrected chi connectivity index (χ0v) is 15.4. The predicted molar refractivity (Wildman–Crippen MR) is 99.0 cm³/mol. The highest BCUT2D eigenvalue weighted by Crippen LogP contribution is 2.18. The van der Waals surface area contributed by atoms with E-state index in [1.807, 2.05) is 4.90 Å². The fourth-order valence-corrected chi connectivity index (χ4v) is 3.09. The molecule has 2 rings (SSSR count). The van der Waals surface area contributed by atoms with Crippen molar-refractivity contribution < 1.29 is 14.3 Å². The molecule has 1 aliphatic rings. The van der Waals surface area contributed by atoms with Gasteiger partial charge in [0.25, 0.3) is 0 Å². The second kappa shape index (κ2) is 10.2. The van der Waals surface area contributed by atoms with Crippen LogP contribution in [0.1, 0.15) is 49.9 Å². The van der Waals surface area contributed by atoms with E-state index in [0.29, 0.717) is 30.9 Å². The topological polar surface area (TPSA) is 58.6 Å². The number of Topliss-reactive ketones (excluding diaryl/α,β-unsaturated/α-hetero) is 1. The van der Waals surface area contributed by atoms with Crippen LogP contribution in [0.25, 0.3) is 0 Å². The number of amides is 1. The van der Waals surface area contributed by atoms with Crippen LogP contribution in [-0.2, 0) is 4.79 Å². The summed E-state index contributed by atoms with van der Waals surface area (Å²) in [5.74, 6) is 1.72. The zero-order valence-electron chi connectivity index (χ0n) is 15.4. The van der Waals surface area contributed by atoms with Crippen molar-refractivity contribution in [2.75, 3.05) is 32.8 Å². The van der Waals surface area contributed by atoms with Crippen molar-refractivity contribution in [3.05, 3.63) is 29.8 Å². The van der Waals surface area contributed by atoms with E-state index in [1.165, 1.54) is 0 Å². The molecule has 138 valence electrons. The summed E-state index contributed by atoms with van der Waals surface area (Å²) in [7, 11) is 0. The Bertz CT molecular complexity index is 549. The monoisotopic (exact) mass is 346 g/mol. The van der Waals surface area contributed by atoms with Crippen LogP contribution in [0.4, 0.5) is 0 Å². The average Bonchev–Trinajstić information content (AvgIpc) is 2.64. The highest BCUT2D eigenvalue weighted by molar-refractivity contribution is 5.94. The Hall–Kier alpha value is -1.88. The summed E-state index contributed by atoms with van der Waals surface area (Å²) in [6, 6.07) is 7.13. The normalized spacial score (nSPS) is 15.2. The first-order chi connectivity index (χ1) is 12.1. The van der Waals surface area contributed by atoms with Crippen LogP contribution in [0.5, 0.6) is 5.75 Å². The third-order valence-electron chi connectivity index (χ3n) is 4.71. The minimum absolute atomic E-state index is 0.0476. The van der Waals surface area contributed by atoms with Gasteiger partial charge in [0.2, 0.25) is 5.91 Å². The molecule has 1 amide bonds. The molecule has 25 heavy (non-hydrogen) atoms. The van der Waals surface area contributed by atoms with Gasteiger partial charge in [0.05, 0.1) is 6.61 Å². The minimum Gasteiger partial charge on any atom is -0.494 e. The molecule has 0 radical (unpaired) electrons. The van der Waals surface area contributed by atoms with Gasteiger partial charge in [0.15, 0.2) is 5.78 Å². The molecule has 1 heterocycles. The van der Waals surface area contributed by atoms with Gasteiger partial charge in [-0.2, -0.15) is 0 Å². The number of likely N-dealkylation sites (tertiary alicyclic amines) is 1. The Morgan fingerprint density at radius 1 is 1.20 bits per heavy atom. The quantitative estimate of drug-likeness (QED) is 0.552. The number of hydrogen-bond donors (Lipinski definition) is 1. The van der Waals surface area contributed by atoms with Crippen molar-refractivity contribution in [1.82, 2.24) is 10.2 Å². The molecular formula is C20H30N2O3. The lowest BCUT2D eigenvalue weighted by Crippen LogP contribution is -2.40. The second-order valence-corrected chi connectivity index (χ2v) is 6.66. The summed E-state index contributed by atoms with van der Waals surface area (Å²) in [6.07, 6.45) is 3.43. The van der Waals surface area contributed by atoms with Crippen LogP contribution < -0.4 is 10.1 Å². The fraction of sp³-hybridized carbons (Fsp3) is 0.600. The van der Waals surface area contributed by atoms with Crippen LogP contribution in [0.15, 0.2) is 24.3 Å². The maximum Gasteiger partial charge on any atom is 0.222 e. The minimum atomic E-state index is 0.0476. The molecule has 0 saturated carbocycles. The molecule has 0 aliphatic carbocycles. The van der Waals surface area contributed by atoms with Crippen molar-refractivity contribution in [1.29, 1.82) is 0 Å². The number of rotatable bonds is 9. The number of ether oxygens (including phenoxy) is 1. The molecule has 1 fully saturated rings. The Kier molecular flexibility index (Phi) is 7.92. The van der Waals surface area contributed by atoms with Gasteiger partial charge in [-0.1, -0.05) is 6.92 Å². The summed E-state index contributed by atoms with van der Waals surface area (Å²) >= 11 is 0. The second-order valence-electron chi connectivity index (χ2n) is 6.66. The van der Waals surface area contributed by atoms with E-state index in [-0.39, 0.29) is 11.7 Å². The molecule has 5 heteroatoms. The van der Waals surface area contributed by atoms with Gasteiger partial charge in [0, 0.05) is 25.1 Å². The molecule has 0 aromatic heterocycles. The lowest BCUT2D eigenvalue weighted by atomic mass is 9.96. The fourth-order valence-electron chi connectivity index (χ4n) is 3.09. The lowest BCUT2D eigenvalue weighted by molar-refractivity contribution is -0.132. The van der Waals surface area contributed by atoms with Gasteiger partial charge in [-0.25, -0.2) is 0 Å². The highest BCUT2D eigenvalue weighted by Gasteiger charge is 2.21. The number of nitrogens with one attached hydrogen (secondary N) is 1. The molecule has 5 nitrogen and oxygen atoms in total. The maximum atomic E-state index is 12.3. The molecular weight excluding hydrogens is 316 g/mol. The Balaban J connectivity index is 1.61. The number of nitrogens with zero attached hydrogens (tertiary/aromatic N) is 1. The van der Waals surface area contributed by atoms with Crippen LogP contribution in [0.3, 0.4) is 0 Å². The van der Waals surface area contributed by atoms with Gasteiger partial charge >= 0.3 is 0 Å². The van der Waals surface area contributed by atoms with Crippen molar-refractivity contribution in [2.24, 2.45) is 5.92 Å². The maximum absolute atomic E-state index is 12.3. The Morgan fingerprint density at radius 2 is 1.88 bits per heavy atom. The predicted octanol–water partition coefficient (Wildman–Crippen LogP) is 2.90. The van der Waals surface area contributed by atoms with E-state index in [2.05, 4.69) is 12.2 Å². The highest BCUT2D eigenvalue weighted by atomic mass is 16.5. The summed E-state index contributed by atoms with van der Waals surface area (Å²) < 4.78 is 5.65. The number of piperidine rings is 1. The molecule has 1 aromatic rings. The molecule has 1 aromatic carbocycles. The Labute approximate surface area is 150 Å². The first-order valence-electron chi connectivity index (χ1n) is 9.32. The third kappa shape index (κ3) is 6.50. The zero-order chi connectivity index (χ0) is 18.1. The lowest BCUT2D eigenvalue weighted by Gasteiger charge is -2.32. The van der Waals surface area contributed by atoms with E-state index in [1.54, 1.807) is 31.2 Å². The number of benzene rings is 1. The van der Waals surface area contributed by atoms with Gasteiger partial charge in [-0.3, -0.25) is 9.59 Å². The number of ketones is 1. The molecule has 0 spiro atoms. The van der Waals surface area contributed by atoms with E-state index in [0.717, 1.165) is 44.8 Å². The number of carbonyl (C=O) groups is 2. The van der Waals surface area contributed by atoms with Crippen molar-refractivity contribution in [3.8, 4) is 5.75 Å². The van der Waals surface area contributed by atoms with Gasteiger partial charge < -0.3 is 15.0 Å². The molecule has 0 unspecified atom stereocenters. The van der Waals surface area contributed by atoms with Crippen LogP contribution in [0.2, 0.25) is 0 Å². The van der Waals surface area contributed by atoms with E-state index in [4.69, 9.17) is 4.74 Å². The van der Waals surface area contributed by atoms with E-state index in [9.17, 15) is 9.59 Å². The standard InChI is InChI=1S/C20H30N2O3/c1-3-21-15-17-10-12-22(13-11-17)20(24)5-4-14-25-19-8-6-18(7-9-19)16(2)23/h6-9,17,21H,3-5,10-15H2,1-2H3. The molecule has 0 atom stereocenters. The summed E-state index contributed by atoms with van der Waals surface area (Å²) in [5, 5.41) is 3.39. The molecule has 1 saturated heterocycles. The first-order valence-corrected chi connectivity index (χ1v) is 9.32. The van der Waals surface area contributed by atoms with Crippen LogP contribution in [0, 0.1) is 5.92 Å². The van der Waals surface area contributed by atoms with Crippen molar-refractivity contribution in [2.45, 2.75) is 39.5 Å². The summed E-state index contributed by atoms with van der Waals surface area (Å²) in [4.78, 5) is 25.5. The van der Waals surface area contributed by atoms with Crippen LogP contribution >= 0.6 is 0 Å². The largest absolute Gasteiger partial charge is 0.494 e. The van der Waals surface area contributed by atoms with Crippen molar-refractivity contribution in [3.63, 3.8) is 0 Å². The molecule has 1 N–H and O–H groups in total. The van der Waals surface area contributed by atoms with Gasteiger partial charge in [-0.15, -0.1) is 0 Å². The van der Waals surface area contributed by atoms with E-state index >= 15 is 0 Å². The number of carbonyl (C=O) groups excluding carboxylic acids is 2.